The molecule has 0 atom stereocenters. The number of anilines is 1. The SMILES string of the molecule is Nc1nc(-c2cc(C3=NCC=C3)n(Cc3ccccc3F)n2)ncc1-c1ccccn1. The second kappa shape index (κ2) is 7.91. The Kier molecular flexibility index (Phi) is 4.80. The Hall–Kier alpha value is -4.20. The molecular weight excluding hydrogens is 393 g/mol. The van der Waals surface area contributed by atoms with Crippen LogP contribution >= 0.6 is 0 Å². The van der Waals surface area contributed by atoms with Gasteiger partial charge in [-0.25, -0.2) is 14.4 Å². The molecule has 0 unspecified atom stereocenters. The summed E-state index contributed by atoms with van der Waals surface area (Å²) in [6.45, 7) is 0.869. The fraction of sp³-hybridized carbons (Fsp3) is 0.0870. The van der Waals surface area contributed by atoms with Gasteiger partial charge in [0.1, 0.15) is 17.3 Å². The molecule has 3 aromatic heterocycles. The Morgan fingerprint density at radius 1 is 1.03 bits per heavy atom. The predicted octanol–water partition coefficient (Wildman–Crippen LogP) is 3.53. The van der Waals surface area contributed by atoms with Gasteiger partial charge in [0, 0.05) is 18.0 Å². The van der Waals surface area contributed by atoms with Gasteiger partial charge in [-0.1, -0.05) is 30.3 Å². The predicted molar refractivity (Wildman–Crippen MR) is 117 cm³/mol. The van der Waals surface area contributed by atoms with Crippen molar-refractivity contribution in [2.45, 2.75) is 6.54 Å². The summed E-state index contributed by atoms with van der Waals surface area (Å²) in [5.41, 5.74) is 10.2. The average molecular weight is 411 g/mol. The van der Waals surface area contributed by atoms with E-state index in [-0.39, 0.29) is 12.4 Å². The number of hydrogen-bond donors (Lipinski definition) is 1. The van der Waals surface area contributed by atoms with Crippen LogP contribution in [0.3, 0.4) is 0 Å². The fourth-order valence-corrected chi connectivity index (χ4v) is 3.41. The molecule has 4 heterocycles. The molecule has 0 fully saturated rings. The smallest absolute Gasteiger partial charge is 0.182 e. The maximum atomic E-state index is 14.2. The van der Waals surface area contributed by atoms with Crippen LogP contribution in [0, 0.1) is 5.82 Å². The number of pyridine rings is 1. The van der Waals surface area contributed by atoms with Gasteiger partial charge in [0.2, 0.25) is 0 Å². The van der Waals surface area contributed by atoms with Gasteiger partial charge < -0.3 is 5.73 Å². The summed E-state index contributed by atoms with van der Waals surface area (Å²) in [6.07, 6.45) is 7.22. The molecule has 1 aliphatic rings. The normalized spacial score (nSPS) is 12.9. The minimum absolute atomic E-state index is 0.260. The molecule has 8 heteroatoms. The van der Waals surface area contributed by atoms with Gasteiger partial charge in [0.05, 0.1) is 35.8 Å². The van der Waals surface area contributed by atoms with Crippen LogP contribution in [0.25, 0.3) is 22.8 Å². The number of nitrogen functional groups attached to an aromatic ring is 1. The molecule has 5 rings (SSSR count). The first-order valence-corrected chi connectivity index (χ1v) is 9.76. The number of allylic oxidation sites excluding steroid dienone is 1. The summed E-state index contributed by atoms with van der Waals surface area (Å²) in [5.74, 6) is 0.412. The zero-order chi connectivity index (χ0) is 21.2. The van der Waals surface area contributed by atoms with Crippen molar-refractivity contribution in [3.8, 4) is 22.8 Å². The van der Waals surface area contributed by atoms with Crippen molar-refractivity contribution in [2.24, 2.45) is 4.99 Å². The van der Waals surface area contributed by atoms with E-state index in [1.54, 1.807) is 35.3 Å². The van der Waals surface area contributed by atoms with Crippen LogP contribution in [0.15, 0.2) is 78.1 Å². The topological polar surface area (TPSA) is 94.9 Å². The first kappa shape index (κ1) is 18.8. The van der Waals surface area contributed by atoms with Gasteiger partial charge in [0.25, 0.3) is 0 Å². The Morgan fingerprint density at radius 3 is 2.65 bits per heavy atom. The number of nitrogens with zero attached hydrogens (tertiary/aromatic N) is 6. The third kappa shape index (κ3) is 3.71. The van der Waals surface area contributed by atoms with Crippen LogP contribution in [0.5, 0.6) is 0 Å². The monoisotopic (exact) mass is 411 g/mol. The molecule has 1 aromatic carbocycles. The number of aliphatic imine (C=N–C) groups is 1. The molecule has 1 aliphatic heterocycles. The number of aromatic nitrogens is 5. The van der Waals surface area contributed by atoms with Crippen LogP contribution in [0.1, 0.15) is 11.3 Å². The highest BCUT2D eigenvalue weighted by atomic mass is 19.1. The third-order valence-corrected chi connectivity index (χ3v) is 4.95. The zero-order valence-corrected chi connectivity index (χ0v) is 16.5. The van der Waals surface area contributed by atoms with E-state index < -0.39 is 0 Å². The van der Waals surface area contributed by atoms with E-state index in [2.05, 4.69) is 25.0 Å². The number of nitrogens with two attached hydrogens (primary N) is 1. The van der Waals surface area contributed by atoms with Crippen LogP contribution in [0.2, 0.25) is 0 Å². The fourth-order valence-electron chi connectivity index (χ4n) is 3.41. The van der Waals surface area contributed by atoms with Gasteiger partial charge in [-0.05, 0) is 30.3 Å². The molecule has 0 spiro atoms. The molecule has 0 amide bonds. The van der Waals surface area contributed by atoms with Gasteiger partial charge >= 0.3 is 0 Å². The van der Waals surface area contributed by atoms with E-state index in [4.69, 9.17) is 5.73 Å². The van der Waals surface area contributed by atoms with Gasteiger partial charge in [-0.2, -0.15) is 5.10 Å². The van der Waals surface area contributed by atoms with Gasteiger partial charge in [0.15, 0.2) is 5.82 Å². The first-order chi connectivity index (χ1) is 15.2. The molecule has 0 radical (unpaired) electrons. The Bertz CT molecular complexity index is 1310. The van der Waals surface area contributed by atoms with E-state index in [0.717, 1.165) is 11.4 Å². The highest BCUT2D eigenvalue weighted by Gasteiger charge is 2.18. The van der Waals surface area contributed by atoms with Crippen LogP contribution in [0.4, 0.5) is 10.2 Å². The molecular formula is C23H18FN7. The molecule has 0 bridgehead atoms. The second-order valence-corrected chi connectivity index (χ2v) is 7.00. The molecule has 4 aromatic rings. The van der Waals surface area contributed by atoms with Crippen molar-refractivity contribution in [1.82, 2.24) is 24.7 Å². The van der Waals surface area contributed by atoms with Crippen molar-refractivity contribution in [2.75, 3.05) is 12.3 Å². The van der Waals surface area contributed by atoms with Crippen LogP contribution < -0.4 is 5.73 Å². The van der Waals surface area contributed by atoms with Gasteiger partial charge in [-0.3, -0.25) is 14.7 Å². The van der Waals surface area contributed by atoms with Crippen molar-refractivity contribution in [3.63, 3.8) is 0 Å². The number of halogens is 1. The van der Waals surface area contributed by atoms with E-state index in [9.17, 15) is 4.39 Å². The molecule has 0 saturated heterocycles. The van der Waals surface area contributed by atoms with Crippen molar-refractivity contribution < 1.29 is 4.39 Å². The minimum Gasteiger partial charge on any atom is -0.383 e. The molecule has 0 saturated carbocycles. The number of hydrogen-bond acceptors (Lipinski definition) is 6. The summed E-state index contributed by atoms with van der Waals surface area (Å²) >= 11 is 0. The minimum atomic E-state index is -0.283. The maximum absolute atomic E-state index is 14.2. The molecule has 0 aliphatic carbocycles. The average Bonchev–Trinajstić information content (AvgIpc) is 3.46. The standard InChI is InChI=1S/C23H18FN7/c24-17-7-2-1-6-15(17)14-31-21(19-9-5-11-27-19)12-20(30-31)23-28-13-16(22(25)29-23)18-8-3-4-10-26-18/h1-10,12-13H,11,14H2,(H2,25,28,29). The number of benzene rings is 1. The van der Waals surface area contributed by atoms with Crippen molar-refractivity contribution in [3.05, 3.63) is 90.2 Å². The number of rotatable bonds is 5. The van der Waals surface area contributed by atoms with E-state index >= 15 is 0 Å². The molecule has 31 heavy (non-hydrogen) atoms. The zero-order valence-electron chi connectivity index (χ0n) is 16.5. The maximum Gasteiger partial charge on any atom is 0.182 e. The summed E-state index contributed by atoms with van der Waals surface area (Å²) in [7, 11) is 0. The van der Waals surface area contributed by atoms with Crippen LogP contribution in [-0.2, 0) is 6.54 Å². The Morgan fingerprint density at radius 2 is 1.90 bits per heavy atom. The lowest BCUT2D eigenvalue weighted by Crippen LogP contribution is -2.11. The molecule has 2 N–H and O–H groups in total. The van der Waals surface area contributed by atoms with Crippen LogP contribution in [-0.4, -0.2) is 37.0 Å². The highest BCUT2D eigenvalue weighted by Crippen LogP contribution is 2.25. The van der Waals surface area contributed by atoms with Crippen molar-refractivity contribution in [1.29, 1.82) is 0 Å². The first-order valence-electron chi connectivity index (χ1n) is 9.76. The lowest BCUT2D eigenvalue weighted by atomic mass is 10.2. The Balaban J connectivity index is 1.55. The highest BCUT2D eigenvalue weighted by molar-refractivity contribution is 6.09. The molecule has 152 valence electrons. The lowest BCUT2D eigenvalue weighted by Gasteiger charge is -2.07. The summed E-state index contributed by atoms with van der Waals surface area (Å²) in [5, 5.41) is 4.64. The second-order valence-electron chi connectivity index (χ2n) is 7.00. The van der Waals surface area contributed by atoms with E-state index in [1.807, 2.05) is 36.4 Å². The summed E-state index contributed by atoms with van der Waals surface area (Å²) < 4.78 is 16.0. The quantitative estimate of drug-likeness (QED) is 0.542. The van der Waals surface area contributed by atoms with E-state index in [1.165, 1.54) is 6.07 Å². The van der Waals surface area contributed by atoms with Gasteiger partial charge in [-0.15, -0.1) is 0 Å². The third-order valence-electron chi connectivity index (χ3n) is 4.95. The Labute approximate surface area is 177 Å². The van der Waals surface area contributed by atoms with E-state index in [0.29, 0.717) is 40.7 Å². The summed E-state index contributed by atoms with van der Waals surface area (Å²) in [4.78, 5) is 17.7. The lowest BCUT2D eigenvalue weighted by molar-refractivity contribution is 0.584. The van der Waals surface area contributed by atoms with Crippen molar-refractivity contribution >= 4 is 11.5 Å². The largest absolute Gasteiger partial charge is 0.383 e. The summed E-state index contributed by atoms with van der Waals surface area (Å²) in [6, 6.07) is 14.1. The molecule has 7 nitrogen and oxygen atoms in total.